The van der Waals surface area contributed by atoms with E-state index in [0.717, 1.165) is 6.42 Å². The molecule has 1 amide bonds. The van der Waals surface area contributed by atoms with Crippen LogP contribution in [0.4, 0.5) is 4.79 Å². The Hall–Kier alpha value is -1.51. The molecule has 0 saturated carbocycles. The third-order valence-electron chi connectivity index (χ3n) is 2.89. The van der Waals surface area contributed by atoms with Crippen LogP contribution < -0.4 is 5.32 Å². The smallest absolute Gasteiger partial charge is 0.407 e. The Bertz CT molecular complexity index is 374. The quantitative estimate of drug-likeness (QED) is 0.871. The normalized spacial score (nSPS) is 12.3. The Labute approximate surface area is 103 Å². The van der Waals surface area contributed by atoms with Crippen LogP contribution in [-0.4, -0.2) is 19.2 Å². The molecule has 0 aliphatic rings. The molecule has 0 aliphatic carbocycles. The van der Waals surface area contributed by atoms with Crippen LogP contribution in [0.1, 0.15) is 25.0 Å². The van der Waals surface area contributed by atoms with E-state index in [1.165, 1.54) is 11.1 Å². The van der Waals surface area contributed by atoms with Gasteiger partial charge in [0.05, 0.1) is 0 Å². The molecule has 1 aromatic carbocycles. The second kappa shape index (κ2) is 6.28. The van der Waals surface area contributed by atoms with Crippen LogP contribution >= 0.6 is 0 Å². The van der Waals surface area contributed by atoms with Crippen LogP contribution in [0, 0.1) is 12.8 Å². The summed E-state index contributed by atoms with van der Waals surface area (Å²) in [5.74, 6) is 0.298. The van der Waals surface area contributed by atoms with Gasteiger partial charge >= 0.3 is 6.09 Å². The van der Waals surface area contributed by atoms with Crippen LogP contribution in [0.15, 0.2) is 24.3 Å². The van der Waals surface area contributed by atoms with E-state index in [1.54, 1.807) is 7.05 Å². The van der Waals surface area contributed by atoms with Gasteiger partial charge in [-0.3, -0.25) is 0 Å². The number of carbonyl (C=O) groups is 1. The first kappa shape index (κ1) is 13.6. The van der Waals surface area contributed by atoms with Crippen LogP contribution in [0.2, 0.25) is 0 Å². The summed E-state index contributed by atoms with van der Waals surface area (Å²) in [4.78, 5) is 11.3. The Morgan fingerprint density at radius 2 is 2.00 bits per heavy atom. The average Bonchev–Trinajstić information content (AvgIpc) is 2.30. The fourth-order valence-electron chi connectivity index (χ4n) is 1.67. The standard InChI is InChI=1S/C14H21NO2/c1-10(2)13(17-14(16)15-4)9-12-8-6-5-7-11(12)3/h5-8,10,13H,9H2,1-4H3,(H,15,16). The molecule has 0 saturated heterocycles. The van der Waals surface area contributed by atoms with E-state index < -0.39 is 0 Å². The number of rotatable bonds is 4. The Morgan fingerprint density at radius 3 is 2.53 bits per heavy atom. The second-order valence-corrected chi connectivity index (χ2v) is 4.57. The zero-order chi connectivity index (χ0) is 12.8. The molecule has 3 nitrogen and oxygen atoms in total. The largest absolute Gasteiger partial charge is 0.446 e. The monoisotopic (exact) mass is 235 g/mol. The van der Waals surface area contributed by atoms with Gasteiger partial charge in [0.2, 0.25) is 0 Å². The lowest BCUT2D eigenvalue weighted by Gasteiger charge is -2.22. The minimum atomic E-state index is -0.364. The molecule has 0 heterocycles. The molecule has 1 N–H and O–H groups in total. The Balaban J connectivity index is 2.74. The lowest BCUT2D eigenvalue weighted by Crippen LogP contribution is -2.31. The summed E-state index contributed by atoms with van der Waals surface area (Å²) >= 11 is 0. The molecule has 0 bridgehead atoms. The summed E-state index contributed by atoms with van der Waals surface area (Å²) in [5.41, 5.74) is 2.47. The molecule has 1 atom stereocenters. The van der Waals surface area contributed by atoms with Gasteiger partial charge in [0.25, 0.3) is 0 Å². The molecule has 17 heavy (non-hydrogen) atoms. The number of nitrogens with one attached hydrogen (secondary N) is 1. The molecule has 0 aromatic heterocycles. The SMILES string of the molecule is CNC(=O)OC(Cc1ccccc1C)C(C)C. The van der Waals surface area contributed by atoms with E-state index in [2.05, 4.69) is 38.2 Å². The van der Waals surface area contributed by atoms with Gasteiger partial charge in [-0.2, -0.15) is 0 Å². The average molecular weight is 235 g/mol. The molecule has 0 spiro atoms. The van der Waals surface area contributed by atoms with Gasteiger partial charge in [0.15, 0.2) is 0 Å². The number of alkyl carbamates (subject to hydrolysis) is 1. The van der Waals surface area contributed by atoms with Gasteiger partial charge in [-0.15, -0.1) is 0 Å². The van der Waals surface area contributed by atoms with Crippen molar-refractivity contribution >= 4 is 6.09 Å². The molecule has 1 rings (SSSR count). The van der Waals surface area contributed by atoms with Crippen LogP contribution in [0.5, 0.6) is 0 Å². The molecule has 94 valence electrons. The third-order valence-corrected chi connectivity index (χ3v) is 2.89. The predicted molar refractivity (Wildman–Crippen MR) is 69.0 cm³/mol. The number of carbonyl (C=O) groups excluding carboxylic acids is 1. The molecule has 3 heteroatoms. The Morgan fingerprint density at radius 1 is 1.35 bits per heavy atom. The minimum Gasteiger partial charge on any atom is -0.446 e. The van der Waals surface area contributed by atoms with Crippen molar-refractivity contribution < 1.29 is 9.53 Å². The summed E-state index contributed by atoms with van der Waals surface area (Å²) in [6.45, 7) is 6.20. The molecular weight excluding hydrogens is 214 g/mol. The van der Waals surface area contributed by atoms with Crippen molar-refractivity contribution in [3.63, 3.8) is 0 Å². The van der Waals surface area contributed by atoms with Gasteiger partial charge in [-0.25, -0.2) is 4.79 Å². The predicted octanol–water partition coefficient (Wildman–Crippen LogP) is 2.92. The third kappa shape index (κ3) is 4.10. The molecule has 0 radical (unpaired) electrons. The van der Waals surface area contributed by atoms with Crippen molar-refractivity contribution in [1.29, 1.82) is 0 Å². The maximum atomic E-state index is 11.3. The topological polar surface area (TPSA) is 38.3 Å². The highest BCUT2D eigenvalue weighted by molar-refractivity contribution is 5.66. The zero-order valence-corrected chi connectivity index (χ0v) is 11.0. The van der Waals surface area contributed by atoms with E-state index in [9.17, 15) is 4.79 Å². The first-order valence-electron chi connectivity index (χ1n) is 5.97. The fourth-order valence-corrected chi connectivity index (χ4v) is 1.67. The van der Waals surface area contributed by atoms with Crippen molar-refractivity contribution in [2.45, 2.75) is 33.3 Å². The molecule has 1 unspecified atom stereocenters. The van der Waals surface area contributed by atoms with Crippen molar-refractivity contribution in [2.24, 2.45) is 5.92 Å². The maximum absolute atomic E-state index is 11.3. The summed E-state index contributed by atoms with van der Waals surface area (Å²) in [7, 11) is 1.58. The van der Waals surface area contributed by atoms with E-state index in [-0.39, 0.29) is 12.2 Å². The number of benzene rings is 1. The summed E-state index contributed by atoms with van der Waals surface area (Å²) in [6.07, 6.45) is 0.311. The van der Waals surface area contributed by atoms with Crippen LogP contribution in [0.25, 0.3) is 0 Å². The number of hydrogen-bond acceptors (Lipinski definition) is 2. The summed E-state index contributed by atoms with van der Waals surface area (Å²) < 4.78 is 5.37. The van der Waals surface area contributed by atoms with Gasteiger partial charge in [-0.1, -0.05) is 38.1 Å². The van der Waals surface area contributed by atoms with Crippen molar-refractivity contribution in [2.75, 3.05) is 7.05 Å². The highest BCUT2D eigenvalue weighted by atomic mass is 16.6. The van der Waals surface area contributed by atoms with Crippen molar-refractivity contribution in [3.05, 3.63) is 35.4 Å². The number of ether oxygens (including phenoxy) is 1. The van der Waals surface area contributed by atoms with Gasteiger partial charge in [0, 0.05) is 13.5 Å². The second-order valence-electron chi connectivity index (χ2n) is 4.57. The lowest BCUT2D eigenvalue weighted by atomic mass is 9.96. The fraction of sp³-hybridized carbons (Fsp3) is 0.500. The molecule has 0 fully saturated rings. The number of hydrogen-bond donors (Lipinski definition) is 1. The maximum Gasteiger partial charge on any atom is 0.407 e. The van der Waals surface area contributed by atoms with Gasteiger partial charge < -0.3 is 10.1 Å². The number of aryl methyl sites for hydroxylation is 1. The van der Waals surface area contributed by atoms with E-state index in [1.807, 2.05) is 12.1 Å². The lowest BCUT2D eigenvalue weighted by molar-refractivity contribution is 0.0727. The Kier molecular flexibility index (Phi) is 5.01. The molecule has 1 aromatic rings. The van der Waals surface area contributed by atoms with E-state index in [4.69, 9.17) is 4.74 Å². The van der Waals surface area contributed by atoms with E-state index >= 15 is 0 Å². The zero-order valence-electron chi connectivity index (χ0n) is 11.0. The van der Waals surface area contributed by atoms with Crippen LogP contribution in [0.3, 0.4) is 0 Å². The summed E-state index contributed by atoms with van der Waals surface area (Å²) in [6, 6.07) is 8.19. The minimum absolute atomic E-state index is 0.0870. The number of amides is 1. The van der Waals surface area contributed by atoms with Crippen molar-refractivity contribution in [1.82, 2.24) is 5.32 Å². The van der Waals surface area contributed by atoms with Gasteiger partial charge in [0.1, 0.15) is 6.10 Å². The highest BCUT2D eigenvalue weighted by Crippen LogP contribution is 2.16. The summed E-state index contributed by atoms with van der Waals surface area (Å²) in [5, 5.41) is 2.49. The molecular formula is C14H21NO2. The van der Waals surface area contributed by atoms with E-state index in [0.29, 0.717) is 5.92 Å². The first-order chi connectivity index (χ1) is 8.04. The van der Waals surface area contributed by atoms with Gasteiger partial charge in [-0.05, 0) is 24.0 Å². The van der Waals surface area contributed by atoms with Crippen LogP contribution in [-0.2, 0) is 11.2 Å². The first-order valence-corrected chi connectivity index (χ1v) is 5.97. The molecule has 0 aliphatic heterocycles. The van der Waals surface area contributed by atoms with Crippen molar-refractivity contribution in [3.8, 4) is 0 Å². The highest BCUT2D eigenvalue weighted by Gasteiger charge is 2.18.